The van der Waals surface area contributed by atoms with E-state index in [-0.39, 0.29) is 0 Å². The van der Waals surface area contributed by atoms with Crippen molar-refractivity contribution in [2.75, 3.05) is 6.61 Å². The maximum atomic E-state index is 6.25. The molecule has 0 saturated carbocycles. The summed E-state index contributed by atoms with van der Waals surface area (Å²) in [5.41, 5.74) is 1.95. The molecule has 0 amide bonds. The average Bonchev–Trinajstić information content (AvgIpc) is 2.36. The van der Waals surface area contributed by atoms with Crippen molar-refractivity contribution >= 4 is 22.5 Å². The van der Waals surface area contributed by atoms with Gasteiger partial charge in [0.15, 0.2) is 0 Å². The fourth-order valence-electron chi connectivity index (χ4n) is 1.71. The molecule has 0 atom stereocenters. The van der Waals surface area contributed by atoms with Crippen LogP contribution in [-0.4, -0.2) is 11.6 Å². The van der Waals surface area contributed by atoms with Crippen molar-refractivity contribution in [1.82, 2.24) is 4.98 Å². The van der Waals surface area contributed by atoms with E-state index >= 15 is 0 Å². The van der Waals surface area contributed by atoms with Crippen LogP contribution in [0.4, 0.5) is 0 Å². The lowest BCUT2D eigenvalue weighted by molar-refractivity contribution is 0.318. The Morgan fingerprint density at radius 3 is 2.76 bits per heavy atom. The molecule has 1 heterocycles. The Bertz CT molecular complexity index is 525. The molecule has 0 N–H and O–H groups in total. The first kappa shape index (κ1) is 12.2. The third-order valence-corrected chi connectivity index (χ3v) is 2.93. The number of nitrogens with zero attached hydrogens (tertiary/aromatic N) is 1. The van der Waals surface area contributed by atoms with Crippen LogP contribution in [0.1, 0.15) is 26.0 Å². The van der Waals surface area contributed by atoms with Gasteiger partial charge in [0.25, 0.3) is 0 Å². The van der Waals surface area contributed by atoms with E-state index in [1.54, 1.807) is 0 Å². The van der Waals surface area contributed by atoms with Crippen molar-refractivity contribution in [3.8, 4) is 5.75 Å². The van der Waals surface area contributed by atoms with E-state index < -0.39 is 0 Å². The Morgan fingerprint density at radius 2 is 2.06 bits per heavy atom. The minimum Gasteiger partial charge on any atom is -0.494 e. The summed E-state index contributed by atoms with van der Waals surface area (Å²) >= 11 is 6.25. The van der Waals surface area contributed by atoms with Crippen molar-refractivity contribution in [2.45, 2.75) is 26.7 Å². The fourth-order valence-corrected chi connectivity index (χ4v) is 1.98. The van der Waals surface area contributed by atoms with Crippen molar-refractivity contribution in [1.29, 1.82) is 0 Å². The summed E-state index contributed by atoms with van der Waals surface area (Å²) in [6.45, 7) is 4.88. The molecule has 0 unspecified atom stereocenters. The lowest BCUT2D eigenvalue weighted by Gasteiger charge is -2.07. The third-order valence-electron chi connectivity index (χ3n) is 2.62. The first-order chi connectivity index (χ1) is 8.24. The number of hydrogen-bond acceptors (Lipinski definition) is 2. The molecule has 17 heavy (non-hydrogen) atoms. The predicted octanol–water partition coefficient (Wildman–Crippen LogP) is 4.24. The standard InChI is InChI=1S/C14H16ClNO/c1-3-7-17-11-5-6-14-12(9-11)13(15)8-10(4-2)16-14/h5-6,8-9H,3-4,7H2,1-2H3. The molecule has 0 spiro atoms. The normalized spacial score (nSPS) is 10.8. The highest BCUT2D eigenvalue weighted by Gasteiger charge is 2.05. The Balaban J connectivity index is 2.43. The molecule has 0 saturated heterocycles. The number of aromatic nitrogens is 1. The van der Waals surface area contributed by atoms with Crippen molar-refractivity contribution in [2.24, 2.45) is 0 Å². The highest BCUT2D eigenvalue weighted by molar-refractivity contribution is 6.35. The van der Waals surface area contributed by atoms with Crippen LogP contribution in [-0.2, 0) is 6.42 Å². The van der Waals surface area contributed by atoms with Gasteiger partial charge < -0.3 is 4.74 Å². The molecule has 0 aliphatic rings. The van der Waals surface area contributed by atoms with Crippen LogP contribution in [0.25, 0.3) is 10.9 Å². The predicted molar refractivity (Wildman–Crippen MR) is 71.9 cm³/mol. The second kappa shape index (κ2) is 5.37. The van der Waals surface area contributed by atoms with E-state index in [2.05, 4.69) is 18.8 Å². The van der Waals surface area contributed by atoms with E-state index in [0.717, 1.165) is 46.8 Å². The number of benzene rings is 1. The van der Waals surface area contributed by atoms with Crippen LogP contribution >= 0.6 is 11.6 Å². The first-order valence-electron chi connectivity index (χ1n) is 5.96. The van der Waals surface area contributed by atoms with Crippen LogP contribution in [0.2, 0.25) is 5.02 Å². The molecular weight excluding hydrogens is 234 g/mol. The van der Waals surface area contributed by atoms with Gasteiger partial charge in [0.1, 0.15) is 5.75 Å². The van der Waals surface area contributed by atoms with Gasteiger partial charge in [0, 0.05) is 11.1 Å². The Kier molecular flexibility index (Phi) is 3.85. The molecule has 2 aromatic rings. The van der Waals surface area contributed by atoms with E-state index in [0.29, 0.717) is 0 Å². The molecule has 1 aromatic carbocycles. The maximum absolute atomic E-state index is 6.25. The zero-order chi connectivity index (χ0) is 12.3. The lowest BCUT2D eigenvalue weighted by atomic mass is 10.1. The minimum atomic E-state index is 0.726. The van der Waals surface area contributed by atoms with Gasteiger partial charge in [-0.05, 0) is 37.1 Å². The Labute approximate surface area is 107 Å². The molecule has 0 bridgehead atoms. The SMILES string of the molecule is CCCOc1ccc2nc(CC)cc(Cl)c2c1. The zero-order valence-electron chi connectivity index (χ0n) is 10.2. The van der Waals surface area contributed by atoms with Crippen LogP contribution in [0.15, 0.2) is 24.3 Å². The molecule has 1 aromatic heterocycles. The minimum absolute atomic E-state index is 0.726. The molecular formula is C14H16ClNO. The number of halogens is 1. The van der Waals surface area contributed by atoms with E-state index in [1.165, 1.54) is 0 Å². The van der Waals surface area contributed by atoms with Crippen molar-refractivity contribution in [3.05, 3.63) is 35.0 Å². The molecule has 2 rings (SSSR count). The molecule has 0 fully saturated rings. The summed E-state index contributed by atoms with van der Waals surface area (Å²) in [5.74, 6) is 0.854. The summed E-state index contributed by atoms with van der Waals surface area (Å²) in [7, 11) is 0. The number of rotatable bonds is 4. The Morgan fingerprint density at radius 1 is 1.24 bits per heavy atom. The fraction of sp³-hybridized carbons (Fsp3) is 0.357. The maximum Gasteiger partial charge on any atom is 0.120 e. The quantitative estimate of drug-likeness (QED) is 0.809. The zero-order valence-corrected chi connectivity index (χ0v) is 10.9. The van der Waals surface area contributed by atoms with E-state index in [4.69, 9.17) is 16.3 Å². The highest BCUT2D eigenvalue weighted by atomic mass is 35.5. The number of pyridine rings is 1. The van der Waals surface area contributed by atoms with Crippen LogP contribution < -0.4 is 4.74 Å². The van der Waals surface area contributed by atoms with Gasteiger partial charge in [-0.1, -0.05) is 25.4 Å². The van der Waals surface area contributed by atoms with Gasteiger partial charge in [-0.3, -0.25) is 4.98 Å². The molecule has 0 radical (unpaired) electrons. The number of fused-ring (bicyclic) bond motifs is 1. The number of ether oxygens (including phenoxy) is 1. The molecule has 3 heteroatoms. The number of aryl methyl sites for hydroxylation is 1. The molecule has 0 aliphatic carbocycles. The third kappa shape index (κ3) is 2.70. The second-order valence-electron chi connectivity index (χ2n) is 3.98. The smallest absolute Gasteiger partial charge is 0.120 e. The second-order valence-corrected chi connectivity index (χ2v) is 4.38. The van der Waals surface area contributed by atoms with Gasteiger partial charge in [0.05, 0.1) is 17.1 Å². The van der Waals surface area contributed by atoms with E-state index in [1.807, 2.05) is 24.3 Å². The van der Waals surface area contributed by atoms with Crippen molar-refractivity contribution < 1.29 is 4.74 Å². The van der Waals surface area contributed by atoms with Gasteiger partial charge in [-0.2, -0.15) is 0 Å². The topological polar surface area (TPSA) is 22.1 Å². The molecule has 90 valence electrons. The monoisotopic (exact) mass is 249 g/mol. The van der Waals surface area contributed by atoms with Crippen molar-refractivity contribution in [3.63, 3.8) is 0 Å². The summed E-state index contributed by atoms with van der Waals surface area (Å²) < 4.78 is 5.59. The first-order valence-corrected chi connectivity index (χ1v) is 6.34. The molecule has 0 aliphatic heterocycles. The Hall–Kier alpha value is -1.28. The summed E-state index contributed by atoms with van der Waals surface area (Å²) in [6.07, 6.45) is 1.89. The summed E-state index contributed by atoms with van der Waals surface area (Å²) in [6, 6.07) is 7.79. The highest BCUT2D eigenvalue weighted by Crippen LogP contribution is 2.27. The number of hydrogen-bond donors (Lipinski definition) is 0. The average molecular weight is 250 g/mol. The summed E-state index contributed by atoms with van der Waals surface area (Å²) in [5, 5.41) is 1.70. The van der Waals surface area contributed by atoms with Crippen LogP contribution in [0, 0.1) is 0 Å². The van der Waals surface area contributed by atoms with Crippen LogP contribution in [0.3, 0.4) is 0 Å². The molecule has 2 nitrogen and oxygen atoms in total. The van der Waals surface area contributed by atoms with Gasteiger partial charge in [0.2, 0.25) is 0 Å². The summed E-state index contributed by atoms with van der Waals surface area (Å²) in [4.78, 5) is 4.54. The van der Waals surface area contributed by atoms with Gasteiger partial charge in [-0.15, -0.1) is 0 Å². The van der Waals surface area contributed by atoms with E-state index in [9.17, 15) is 0 Å². The van der Waals surface area contributed by atoms with Gasteiger partial charge >= 0.3 is 0 Å². The van der Waals surface area contributed by atoms with Gasteiger partial charge in [-0.25, -0.2) is 0 Å². The van der Waals surface area contributed by atoms with Crippen LogP contribution in [0.5, 0.6) is 5.75 Å². The lowest BCUT2D eigenvalue weighted by Crippen LogP contribution is -1.95. The largest absolute Gasteiger partial charge is 0.494 e.